The second-order valence-electron chi connectivity index (χ2n) is 11.1. The van der Waals surface area contributed by atoms with Crippen LogP contribution in [0.15, 0.2) is 61.1 Å². The minimum Gasteiger partial charge on any atom is -0.272 e. The number of rotatable bonds is 4. The number of aromatic nitrogens is 4. The van der Waals surface area contributed by atoms with E-state index in [1.54, 1.807) is 0 Å². The van der Waals surface area contributed by atoms with E-state index >= 15 is 0 Å². The number of pyridine rings is 2. The van der Waals surface area contributed by atoms with Crippen LogP contribution in [0.4, 0.5) is 0 Å². The van der Waals surface area contributed by atoms with Crippen molar-refractivity contribution in [3.8, 4) is 22.4 Å². The van der Waals surface area contributed by atoms with Crippen LogP contribution in [0.1, 0.15) is 44.2 Å². The summed E-state index contributed by atoms with van der Waals surface area (Å²) in [6, 6.07) is 14.8. The van der Waals surface area contributed by atoms with Gasteiger partial charge in [-0.05, 0) is 86.8 Å². The molecule has 4 heteroatoms. The molecular weight excluding hydrogens is 404 g/mol. The quantitative estimate of drug-likeness (QED) is 0.360. The molecule has 4 saturated carbocycles. The molecule has 0 saturated heterocycles. The van der Waals surface area contributed by atoms with Crippen LogP contribution in [-0.2, 0) is 6.54 Å². The van der Waals surface area contributed by atoms with Crippen molar-refractivity contribution in [2.45, 2.75) is 52.0 Å². The zero-order valence-electron chi connectivity index (χ0n) is 19.2. The van der Waals surface area contributed by atoms with Gasteiger partial charge in [-0.15, -0.1) is 0 Å². The minimum atomic E-state index is 0.483. The van der Waals surface area contributed by atoms with E-state index in [4.69, 9.17) is 10.1 Å². The van der Waals surface area contributed by atoms with Gasteiger partial charge in [0.05, 0.1) is 17.4 Å². The van der Waals surface area contributed by atoms with E-state index in [0.29, 0.717) is 5.41 Å². The third-order valence-electron chi connectivity index (χ3n) is 8.52. The number of hydrogen-bond donors (Lipinski definition) is 0. The van der Waals surface area contributed by atoms with Gasteiger partial charge in [0, 0.05) is 46.7 Å². The molecule has 4 aromatic rings. The molecular formula is C29H30N4. The highest BCUT2D eigenvalue weighted by atomic mass is 15.3. The van der Waals surface area contributed by atoms with E-state index in [-0.39, 0.29) is 0 Å². The molecule has 8 rings (SSSR count). The summed E-state index contributed by atoms with van der Waals surface area (Å²) in [5.74, 6) is 2.92. The van der Waals surface area contributed by atoms with Gasteiger partial charge in [-0.2, -0.15) is 5.10 Å². The number of benzene rings is 1. The predicted octanol–water partition coefficient (Wildman–Crippen LogP) is 6.69. The van der Waals surface area contributed by atoms with Crippen LogP contribution in [-0.4, -0.2) is 19.7 Å². The Kier molecular flexibility index (Phi) is 4.27. The molecule has 4 fully saturated rings. The van der Waals surface area contributed by atoms with Crippen LogP contribution >= 0.6 is 0 Å². The molecule has 0 atom stereocenters. The Morgan fingerprint density at radius 3 is 2.52 bits per heavy atom. The van der Waals surface area contributed by atoms with Crippen LogP contribution in [0.5, 0.6) is 0 Å². The van der Waals surface area contributed by atoms with Crippen molar-refractivity contribution in [2.75, 3.05) is 0 Å². The van der Waals surface area contributed by atoms with Gasteiger partial charge < -0.3 is 0 Å². The molecule has 3 heterocycles. The lowest BCUT2D eigenvalue weighted by molar-refractivity contribution is -0.0635. The number of aryl methyl sites for hydroxylation is 1. The fraction of sp³-hybridized carbons (Fsp3) is 0.414. The lowest BCUT2D eigenvalue weighted by Gasteiger charge is -2.56. The van der Waals surface area contributed by atoms with Gasteiger partial charge in [0.25, 0.3) is 0 Å². The Labute approximate surface area is 195 Å². The Balaban J connectivity index is 1.23. The summed E-state index contributed by atoms with van der Waals surface area (Å²) >= 11 is 0. The maximum absolute atomic E-state index is 4.95. The fourth-order valence-electron chi connectivity index (χ4n) is 7.64. The lowest BCUT2D eigenvalue weighted by Crippen LogP contribution is -2.47. The summed E-state index contributed by atoms with van der Waals surface area (Å²) in [6.45, 7) is 3.13. The third-order valence-corrected chi connectivity index (χ3v) is 8.52. The van der Waals surface area contributed by atoms with E-state index in [0.717, 1.165) is 63.3 Å². The Morgan fingerprint density at radius 1 is 0.939 bits per heavy atom. The monoisotopic (exact) mass is 434 g/mol. The van der Waals surface area contributed by atoms with Gasteiger partial charge in [-0.25, -0.2) is 0 Å². The van der Waals surface area contributed by atoms with E-state index in [9.17, 15) is 0 Å². The molecule has 4 nitrogen and oxygen atoms in total. The second-order valence-corrected chi connectivity index (χ2v) is 11.1. The summed E-state index contributed by atoms with van der Waals surface area (Å²) in [5.41, 5.74) is 6.93. The molecule has 3 aromatic heterocycles. The van der Waals surface area contributed by atoms with E-state index in [2.05, 4.69) is 59.2 Å². The van der Waals surface area contributed by atoms with Crippen LogP contribution in [0.3, 0.4) is 0 Å². The standard InChI is InChI=1S/C29H30N4/c1-19-4-7-26(28(32-19)24-6-5-23-3-2-8-30-27(23)12-24)25-16-31-33(17-25)18-29-13-20-9-21(14-29)11-22(10-20)15-29/h2-8,12,16-17,20-22H,9-11,13-15,18H2,1H3. The summed E-state index contributed by atoms with van der Waals surface area (Å²) in [6.07, 6.45) is 14.9. The maximum Gasteiger partial charge on any atom is 0.0785 e. The molecule has 4 aliphatic rings. The summed E-state index contributed by atoms with van der Waals surface area (Å²) in [5, 5.41) is 6.00. The molecule has 0 aliphatic heterocycles. The molecule has 1 aromatic carbocycles. The molecule has 0 spiro atoms. The smallest absolute Gasteiger partial charge is 0.0785 e. The normalized spacial score (nSPS) is 28.0. The highest BCUT2D eigenvalue weighted by molar-refractivity contribution is 5.87. The fourth-order valence-corrected chi connectivity index (χ4v) is 7.64. The van der Waals surface area contributed by atoms with Crippen LogP contribution < -0.4 is 0 Å². The molecule has 4 aliphatic carbocycles. The topological polar surface area (TPSA) is 43.6 Å². The summed E-state index contributed by atoms with van der Waals surface area (Å²) in [7, 11) is 0. The van der Waals surface area contributed by atoms with Crippen LogP contribution in [0.2, 0.25) is 0 Å². The average molecular weight is 435 g/mol. The van der Waals surface area contributed by atoms with Gasteiger partial charge in [0.15, 0.2) is 0 Å². The van der Waals surface area contributed by atoms with Gasteiger partial charge in [-0.3, -0.25) is 14.6 Å². The van der Waals surface area contributed by atoms with Gasteiger partial charge in [-0.1, -0.05) is 24.3 Å². The number of hydrogen-bond acceptors (Lipinski definition) is 3. The zero-order chi connectivity index (χ0) is 22.0. The predicted molar refractivity (Wildman–Crippen MR) is 132 cm³/mol. The van der Waals surface area contributed by atoms with Crippen molar-refractivity contribution < 1.29 is 0 Å². The van der Waals surface area contributed by atoms with E-state index in [1.165, 1.54) is 38.5 Å². The van der Waals surface area contributed by atoms with Crippen molar-refractivity contribution in [1.82, 2.24) is 19.7 Å². The van der Waals surface area contributed by atoms with Gasteiger partial charge >= 0.3 is 0 Å². The zero-order valence-corrected chi connectivity index (χ0v) is 19.2. The Hall–Kier alpha value is -3.01. The molecule has 0 amide bonds. The first-order valence-corrected chi connectivity index (χ1v) is 12.5. The van der Waals surface area contributed by atoms with Gasteiger partial charge in [0.2, 0.25) is 0 Å². The van der Waals surface area contributed by atoms with Crippen molar-refractivity contribution in [3.05, 3.63) is 66.7 Å². The van der Waals surface area contributed by atoms with Crippen molar-refractivity contribution in [3.63, 3.8) is 0 Å². The molecule has 0 N–H and O–H groups in total. The van der Waals surface area contributed by atoms with Crippen molar-refractivity contribution in [1.29, 1.82) is 0 Å². The van der Waals surface area contributed by atoms with Crippen molar-refractivity contribution in [2.24, 2.45) is 23.2 Å². The first kappa shape index (κ1) is 19.5. The summed E-state index contributed by atoms with van der Waals surface area (Å²) < 4.78 is 2.23. The molecule has 0 unspecified atom stereocenters. The third kappa shape index (κ3) is 3.38. The first-order valence-electron chi connectivity index (χ1n) is 12.5. The van der Waals surface area contributed by atoms with Gasteiger partial charge in [0.1, 0.15) is 0 Å². The first-order chi connectivity index (χ1) is 16.1. The molecule has 4 bridgehead atoms. The average Bonchev–Trinajstić information content (AvgIpc) is 3.25. The Morgan fingerprint density at radius 2 is 1.73 bits per heavy atom. The molecule has 33 heavy (non-hydrogen) atoms. The SMILES string of the molecule is Cc1ccc(-c2cnn(CC34CC5CC(CC(C5)C3)C4)c2)c(-c2ccc3cccnc3c2)n1. The molecule has 0 radical (unpaired) electrons. The lowest BCUT2D eigenvalue weighted by atomic mass is 9.49. The number of nitrogens with zero attached hydrogens (tertiary/aromatic N) is 4. The number of fused-ring (bicyclic) bond motifs is 1. The highest BCUT2D eigenvalue weighted by Gasteiger charge is 2.51. The second kappa shape index (κ2) is 7.24. The van der Waals surface area contributed by atoms with Crippen LogP contribution in [0, 0.1) is 30.1 Å². The maximum atomic E-state index is 4.95. The van der Waals surface area contributed by atoms with E-state index < -0.39 is 0 Å². The van der Waals surface area contributed by atoms with Crippen molar-refractivity contribution >= 4 is 10.9 Å². The summed E-state index contributed by atoms with van der Waals surface area (Å²) in [4.78, 5) is 9.51. The highest BCUT2D eigenvalue weighted by Crippen LogP contribution is 2.60. The van der Waals surface area contributed by atoms with E-state index in [1.807, 2.05) is 18.5 Å². The van der Waals surface area contributed by atoms with Crippen LogP contribution in [0.25, 0.3) is 33.3 Å². The minimum absolute atomic E-state index is 0.483. The largest absolute Gasteiger partial charge is 0.272 e. The molecule has 166 valence electrons. The Bertz CT molecular complexity index is 1320.